The summed E-state index contributed by atoms with van der Waals surface area (Å²) in [6.45, 7) is 3.69. The molecule has 1 fully saturated rings. The van der Waals surface area contributed by atoms with E-state index in [1.54, 1.807) is 29.2 Å². The van der Waals surface area contributed by atoms with Gasteiger partial charge in [-0.05, 0) is 56.2 Å². The zero-order valence-electron chi connectivity index (χ0n) is 15.0. The average Bonchev–Trinajstić information content (AvgIpc) is 2.69. The first kappa shape index (κ1) is 18.0. The molecule has 0 spiro atoms. The number of rotatable bonds is 5. The number of likely N-dealkylation sites (tertiary alicyclic amines) is 1. The van der Waals surface area contributed by atoms with E-state index >= 15 is 0 Å². The number of nitrogens with one attached hydrogen (secondary N) is 1. The third-order valence-corrected chi connectivity index (χ3v) is 4.51. The molecule has 136 valence electrons. The Morgan fingerprint density at radius 2 is 1.77 bits per heavy atom. The van der Waals surface area contributed by atoms with Crippen LogP contribution in [-0.4, -0.2) is 36.3 Å². The molecule has 5 nitrogen and oxygen atoms in total. The summed E-state index contributed by atoms with van der Waals surface area (Å²) in [5, 5.41) is 2.85. The van der Waals surface area contributed by atoms with Gasteiger partial charge in [0.15, 0.2) is 0 Å². The van der Waals surface area contributed by atoms with Gasteiger partial charge >= 0.3 is 0 Å². The van der Waals surface area contributed by atoms with Crippen LogP contribution in [0.25, 0.3) is 0 Å². The van der Waals surface area contributed by atoms with E-state index < -0.39 is 0 Å². The Morgan fingerprint density at radius 1 is 1.08 bits per heavy atom. The first-order valence-electron chi connectivity index (χ1n) is 9.07. The molecule has 1 saturated heterocycles. The molecule has 0 saturated carbocycles. The van der Waals surface area contributed by atoms with E-state index in [9.17, 15) is 9.59 Å². The Balaban J connectivity index is 1.63. The summed E-state index contributed by atoms with van der Waals surface area (Å²) in [4.78, 5) is 26.6. The Hall–Kier alpha value is -2.82. The number of benzene rings is 2. The topological polar surface area (TPSA) is 58.6 Å². The molecular weight excluding hydrogens is 328 g/mol. The molecule has 5 heteroatoms. The van der Waals surface area contributed by atoms with Crippen LogP contribution in [0.4, 0.5) is 0 Å². The fraction of sp³-hybridized carbons (Fsp3) is 0.333. The number of carbonyl (C=O) groups excluding carboxylic acids is 2. The number of amides is 2. The van der Waals surface area contributed by atoms with Crippen LogP contribution in [0.5, 0.6) is 11.5 Å². The van der Waals surface area contributed by atoms with Crippen molar-refractivity contribution in [1.29, 1.82) is 0 Å². The molecular formula is C21H24N2O3. The molecule has 1 heterocycles. The van der Waals surface area contributed by atoms with Gasteiger partial charge in [0.25, 0.3) is 5.91 Å². The average molecular weight is 352 g/mol. The Labute approximate surface area is 154 Å². The minimum Gasteiger partial charge on any atom is -0.457 e. The Bertz CT molecular complexity index is 744. The molecule has 2 aromatic rings. The third kappa shape index (κ3) is 4.42. The van der Waals surface area contributed by atoms with Gasteiger partial charge in [-0.3, -0.25) is 9.59 Å². The van der Waals surface area contributed by atoms with Gasteiger partial charge in [-0.25, -0.2) is 0 Å². The standard InChI is InChI=1S/C21H24N2O3/c1-2-22-20(24)17-7-6-14-23(15-17)21(25)16-10-12-19(13-11-16)26-18-8-4-3-5-9-18/h3-5,8-13,17H,2,6-7,14-15H2,1H3,(H,22,24). The highest BCUT2D eigenvalue weighted by molar-refractivity contribution is 5.94. The molecule has 1 unspecified atom stereocenters. The number of ether oxygens (including phenoxy) is 1. The predicted molar refractivity (Wildman–Crippen MR) is 100 cm³/mol. The van der Waals surface area contributed by atoms with Crippen LogP contribution in [0.1, 0.15) is 30.1 Å². The van der Waals surface area contributed by atoms with Gasteiger partial charge in [0.1, 0.15) is 11.5 Å². The van der Waals surface area contributed by atoms with Gasteiger partial charge in [-0.2, -0.15) is 0 Å². The van der Waals surface area contributed by atoms with E-state index in [2.05, 4.69) is 5.32 Å². The van der Waals surface area contributed by atoms with Crippen LogP contribution >= 0.6 is 0 Å². The number of para-hydroxylation sites is 1. The molecule has 0 bridgehead atoms. The number of hydrogen-bond acceptors (Lipinski definition) is 3. The fourth-order valence-electron chi connectivity index (χ4n) is 3.17. The summed E-state index contributed by atoms with van der Waals surface area (Å²) in [7, 11) is 0. The lowest BCUT2D eigenvalue weighted by Crippen LogP contribution is -2.45. The van der Waals surface area contributed by atoms with Crippen molar-refractivity contribution in [2.75, 3.05) is 19.6 Å². The first-order chi connectivity index (χ1) is 12.7. The molecule has 0 aromatic heterocycles. The highest BCUT2D eigenvalue weighted by atomic mass is 16.5. The van der Waals surface area contributed by atoms with Crippen molar-refractivity contribution in [2.45, 2.75) is 19.8 Å². The van der Waals surface area contributed by atoms with Gasteiger partial charge in [-0.15, -0.1) is 0 Å². The van der Waals surface area contributed by atoms with E-state index in [-0.39, 0.29) is 17.7 Å². The first-order valence-corrected chi connectivity index (χ1v) is 9.07. The van der Waals surface area contributed by atoms with Crippen LogP contribution in [0, 0.1) is 5.92 Å². The van der Waals surface area contributed by atoms with E-state index in [1.165, 1.54) is 0 Å². The molecule has 1 N–H and O–H groups in total. The molecule has 2 aromatic carbocycles. The molecule has 1 aliphatic rings. The van der Waals surface area contributed by atoms with Crippen LogP contribution in [0.2, 0.25) is 0 Å². The number of nitrogens with zero attached hydrogens (tertiary/aromatic N) is 1. The number of carbonyl (C=O) groups is 2. The number of hydrogen-bond donors (Lipinski definition) is 1. The van der Waals surface area contributed by atoms with Crippen LogP contribution in [0.3, 0.4) is 0 Å². The summed E-state index contributed by atoms with van der Waals surface area (Å²) >= 11 is 0. The third-order valence-electron chi connectivity index (χ3n) is 4.51. The van der Waals surface area contributed by atoms with Gasteiger partial charge in [0.2, 0.25) is 5.91 Å². The zero-order chi connectivity index (χ0) is 18.4. The highest BCUT2D eigenvalue weighted by Gasteiger charge is 2.28. The largest absolute Gasteiger partial charge is 0.457 e. The SMILES string of the molecule is CCNC(=O)C1CCCN(C(=O)c2ccc(Oc3ccccc3)cc2)C1. The summed E-state index contributed by atoms with van der Waals surface area (Å²) in [5.74, 6) is 1.33. The fourth-order valence-corrected chi connectivity index (χ4v) is 3.17. The molecule has 3 rings (SSSR count). The molecule has 1 aliphatic heterocycles. The molecule has 0 aliphatic carbocycles. The van der Waals surface area contributed by atoms with E-state index in [4.69, 9.17) is 4.74 Å². The van der Waals surface area contributed by atoms with Crippen molar-refractivity contribution in [3.8, 4) is 11.5 Å². The normalized spacial score (nSPS) is 16.8. The van der Waals surface area contributed by atoms with E-state index in [0.717, 1.165) is 18.6 Å². The second-order valence-electron chi connectivity index (χ2n) is 6.42. The lowest BCUT2D eigenvalue weighted by molar-refractivity contribution is -0.126. The van der Waals surface area contributed by atoms with Crippen molar-refractivity contribution >= 4 is 11.8 Å². The van der Waals surface area contributed by atoms with Crippen molar-refractivity contribution in [3.05, 3.63) is 60.2 Å². The van der Waals surface area contributed by atoms with E-state index in [1.807, 2.05) is 37.3 Å². The van der Waals surface area contributed by atoms with Crippen LogP contribution < -0.4 is 10.1 Å². The minimum atomic E-state index is -0.117. The quantitative estimate of drug-likeness (QED) is 0.896. The number of piperidine rings is 1. The van der Waals surface area contributed by atoms with Crippen molar-refractivity contribution in [2.24, 2.45) is 5.92 Å². The van der Waals surface area contributed by atoms with Crippen LogP contribution in [0.15, 0.2) is 54.6 Å². The van der Waals surface area contributed by atoms with Crippen molar-refractivity contribution in [1.82, 2.24) is 10.2 Å². The molecule has 26 heavy (non-hydrogen) atoms. The summed E-state index contributed by atoms with van der Waals surface area (Å²) in [5.41, 5.74) is 0.613. The molecule has 1 atom stereocenters. The summed E-state index contributed by atoms with van der Waals surface area (Å²) < 4.78 is 5.76. The lowest BCUT2D eigenvalue weighted by atomic mass is 9.96. The van der Waals surface area contributed by atoms with Crippen LogP contribution in [-0.2, 0) is 4.79 Å². The van der Waals surface area contributed by atoms with Crippen molar-refractivity contribution < 1.29 is 14.3 Å². The van der Waals surface area contributed by atoms with Gasteiger partial charge in [0, 0.05) is 25.2 Å². The summed E-state index contributed by atoms with van der Waals surface area (Å²) in [6, 6.07) is 16.7. The van der Waals surface area contributed by atoms with Gasteiger partial charge in [0.05, 0.1) is 5.92 Å². The Morgan fingerprint density at radius 3 is 2.46 bits per heavy atom. The maximum Gasteiger partial charge on any atom is 0.253 e. The highest BCUT2D eigenvalue weighted by Crippen LogP contribution is 2.23. The Kier molecular flexibility index (Phi) is 5.89. The molecule has 0 radical (unpaired) electrons. The predicted octanol–water partition coefficient (Wildman–Crippen LogP) is 3.47. The van der Waals surface area contributed by atoms with Gasteiger partial charge in [-0.1, -0.05) is 18.2 Å². The molecule has 2 amide bonds. The second kappa shape index (κ2) is 8.52. The maximum absolute atomic E-state index is 12.7. The maximum atomic E-state index is 12.7. The van der Waals surface area contributed by atoms with E-state index in [0.29, 0.717) is 30.9 Å². The smallest absolute Gasteiger partial charge is 0.253 e. The minimum absolute atomic E-state index is 0.0368. The summed E-state index contributed by atoms with van der Waals surface area (Å²) in [6.07, 6.45) is 1.68. The second-order valence-corrected chi connectivity index (χ2v) is 6.42. The zero-order valence-corrected chi connectivity index (χ0v) is 15.0. The van der Waals surface area contributed by atoms with Crippen molar-refractivity contribution in [3.63, 3.8) is 0 Å². The van der Waals surface area contributed by atoms with Gasteiger partial charge < -0.3 is 15.0 Å². The monoisotopic (exact) mass is 352 g/mol. The lowest BCUT2D eigenvalue weighted by Gasteiger charge is -2.32.